The van der Waals surface area contributed by atoms with E-state index in [1.807, 2.05) is 6.92 Å². The zero-order valence-electron chi connectivity index (χ0n) is 18.1. The van der Waals surface area contributed by atoms with Crippen LogP contribution in [0.4, 0.5) is 28.9 Å². The average Bonchev–Trinajstić information content (AvgIpc) is 2.76. The van der Waals surface area contributed by atoms with Gasteiger partial charge in [0.1, 0.15) is 5.75 Å². The fourth-order valence-electron chi connectivity index (χ4n) is 3.84. The molecular formula is C21H24F4N2O5S. The summed E-state index contributed by atoms with van der Waals surface area (Å²) >= 11 is 0. The normalized spacial score (nSPS) is 18.4. The van der Waals surface area contributed by atoms with Crippen LogP contribution in [0.3, 0.4) is 0 Å². The molecule has 33 heavy (non-hydrogen) atoms. The van der Waals surface area contributed by atoms with E-state index in [1.54, 1.807) is 6.92 Å². The van der Waals surface area contributed by atoms with Gasteiger partial charge in [0.15, 0.2) is 23.3 Å². The van der Waals surface area contributed by atoms with Gasteiger partial charge in [0, 0.05) is 34.5 Å². The molecule has 0 bridgehead atoms. The first-order valence-electron chi connectivity index (χ1n) is 10.1. The molecule has 2 aromatic carbocycles. The van der Waals surface area contributed by atoms with Crippen LogP contribution >= 0.6 is 0 Å². The number of nitrogens with one attached hydrogen (secondary N) is 1. The molecule has 2 atom stereocenters. The summed E-state index contributed by atoms with van der Waals surface area (Å²) in [6, 6.07) is 2.83. The van der Waals surface area contributed by atoms with Gasteiger partial charge in [0.2, 0.25) is 16.4 Å². The Bertz CT molecular complexity index is 1150. The Balaban J connectivity index is 2.02. The van der Waals surface area contributed by atoms with Crippen molar-refractivity contribution in [2.75, 3.05) is 16.2 Å². The Morgan fingerprint density at radius 3 is 2.24 bits per heavy atom. The minimum absolute atomic E-state index is 0.103. The Morgan fingerprint density at radius 1 is 1.09 bits per heavy atom. The first-order chi connectivity index (χ1) is 15.4. The number of nitrogens with zero attached hydrogens (tertiary/aromatic N) is 1. The monoisotopic (exact) mass is 492 g/mol. The van der Waals surface area contributed by atoms with Crippen molar-refractivity contribution < 1.29 is 40.9 Å². The fourth-order valence-corrected chi connectivity index (χ4v) is 5.08. The molecule has 7 nitrogen and oxygen atoms in total. The van der Waals surface area contributed by atoms with Crippen molar-refractivity contribution in [1.29, 1.82) is 0 Å². The third-order valence-electron chi connectivity index (χ3n) is 5.44. The molecule has 12 heteroatoms. The lowest BCUT2D eigenvalue weighted by Crippen LogP contribution is -2.43. The maximum absolute atomic E-state index is 14.2. The molecule has 0 saturated carbocycles. The van der Waals surface area contributed by atoms with Crippen molar-refractivity contribution in [1.82, 2.24) is 0 Å². The number of hydrogen-bond acceptors (Lipinski definition) is 6. The maximum atomic E-state index is 14.2. The van der Waals surface area contributed by atoms with Gasteiger partial charge in [-0.3, -0.25) is 4.72 Å². The molecule has 1 aliphatic rings. The maximum Gasteiger partial charge on any atom is 0.238 e. The third-order valence-corrected chi connectivity index (χ3v) is 6.64. The van der Waals surface area contributed by atoms with Crippen molar-refractivity contribution in [2.24, 2.45) is 0 Å². The summed E-state index contributed by atoms with van der Waals surface area (Å²) in [5.41, 5.74) is -1.21. The van der Waals surface area contributed by atoms with Gasteiger partial charge in [0.05, 0.1) is 18.4 Å². The van der Waals surface area contributed by atoms with Crippen molar-refractivity contribution in [2.45, 2.75) is 52.1 Å². The van der Waals surface area contributed by atoms with E-state index in [4.69, 9.17) is 4.74 Å². The van der Waals surface area contributed by atoms with Gasteiger partial charge >= 0.3 is 0 Å². The van der Waals surface area contributed by atoms with Gasteiger partial charge in [-0.15, -0.1) is 0 Å². The van der Waals surface area contributed by atoms with Crippen molar-refractivity contribution in [3.63, 3.8) is 0 Å². The Kier molecular flexibility index (Phi) is 7.22. The SMILES string of the molecule is CCCN1c2ccc(NS(=O)(=O)Cc3c(F)c(F)c(C)c(F)c3F)c(CO)c2C(C)OC1O. The van der Waals surface area contributed by atoms with Crippen LogP contribution in [0.1, 0.15) is 48.6 Å². The van der Waals surface area contributed by atoms with Crippen LogP contribution < -0.4 is 9.62 Å². The lowest BCUT2D eigenvalue weighted by molar-refractivity contribution is -0.140. The summed E-state index contributed by atoms with van der Waals surface area (Å²) in [4.78, 5) is 1.54. The van der Waals surface area contributed by atoms with E-state index in [1.165, 1.54) is 17.0 Å². The van der Waals surface area contributed by atoms with Gasteiger partial charge in [-0.05, 0) is 32.4 Å². The first kappa shape index (κ1) is 25.2. The van der Waals surface area contributed by atoms with Crippen molar-refractivity contribution >= 4 is 21.4 Å². The van der Waals surface area contributed by atoms with Crippen LogP contribution in [0.5, 0.6) is 0 Å². The number of ether oxygens (including phenoxy) is 1. The molecule has 0 amide bonds. The number of aliphatic hydroxyl groups is 2. The summed E-state index contributed by atoms with van der Waals surface area (Å²) in [5.74, 6) is -8.33. The molecule has 0 fully saturated rings. The predicted octanol–water partition coefficient (Wildman–Crippen LogP) is 3.57. The summed E-state index contributed by atoms with van der Waals surface area (Å²) in [7, 11) is -4.57. The molecule has 3 rings (SSSR count). The topological polar surface area (TPSA) is 99.1 Å². The Hall–Kier alpha value is -2.41. The van der Waals surface area contributed by atoms with Gasteiger partial charge < -0.3 is 19.8 Å². The zero-order valence-corrected chi connectivity index (χ0v) is 18.9. The highest BCUT2D eigenvalue weighted by atomic mass is 32.2. The standard InChI is InChI=1S/C21H24F4N2O5S/c1-4-7-27-15-6-5-14(12(8-28)16(15)11(3)32-21(27)29)26-33(30,31)9-13-19(24)17(22)10(2)18(23)20(13)25/h5-6,11,21,26,28-29H,4,7-9H2,1-3H3. The lowest BCUT2D eigenvalue weighted by atomic mass is 9.97. The largest absolute Gasteiger partial charge is 0.392 e. The second-order valence-corrected chi connectivity index (χ2v) is 9.42. The number of hydrogen-bond donors (Lipinski definition) is 3. The molecule has 2 aromatic rings. The highest BCUT2D eigenvalue weighted by molar-refractivity contribution is 7.91. The molecule has 182 valence electrons. The number of benzene rings is 2. The van der Waals surface area contributed by atoms with E-state index in [0.29, 0.717) is 24.2 Å². The number of rotatable bonds is 7. The van der Waals surface area contributed by atoms with Crippen LogP contribution in [-0.2, 0) is 27.1 Å². The highest BCUT2D eigenvalue weighted by Gasteiger charge is 2.33. The van der Waals surface area contributed by atoms with Gasteiger partial charge in [0.25, 0.3) is 0 Å². The van der Waals surface area contributed by atoms with Gasteiger partial charge in [-0.25, -0.2) is 26.0 Å². The molecule has 0 aromatic heterocycles. The number of fused-ring (bicyclic) bond motifs is 1. The quantitative estimate of drug-likeness (QED) is 0.404. The molecule has 0 radical (unpaired) electrons. The molecule has 0 spiro atoms. The molecule has 0 aliphatic carbocycles. The molecule has 3 N–H and O–H groups in total. The average molecular weight is 492 g/mol. The van der Waals surface area contributed by atoms with E-state index in [2.05, 4.69) is 4.72 Å². The molecule has 2 unspecified atom stereocenters. The van der Waals surface area contributed by atoms with Crippen LogP contribution in [0.2, 0.25) is 0 Å². The predicted molar refractivity (Wildman–Crippen MR) is 113 cm³/mol. The zero-order chi connectivity index (χ0) is 24.7. The van der Waals surface area contributed by atoms with Crippen molar-refractivity contribution in [3.05, 3.63) is 57.7 Å². The minimum Gasteiger partial charge on any atom is -0.392 e. The second-order valence-electron chi connectivity index (χ2n) is 7.70. The lowest BCUT2D eigenvalue weighted by Gasteiger charge is -2.39. The van der Waals surface area contributed by atoms with Crippen LogP contribution in [-0.4, -0.2) is 31.6 Å². The number of anilines is 2. The fraction of sp³-hybridized carbons (Fsp3) is 0.429. The molecule has 0 saturated heterocycles. The Labute approximate surface area is 188 Å². The van der Waals surface area contributed by atoms with E-state index in [0.717, 1.165) is 6.92 Å². The van der Waals surface area contributed by atoms with E-state index in [9.17, 15) is 36.2 Å². The van der Waals surface area contributed by atoms with Crippen LogP contribution in [0, 0.1) is 30.2 Å². The van der Waals surface area contributed by atoms with Gasteiger partial charge in [-0.1, -0.05) is 6.92 Å². The molecular weight excluding hydrogens is 468 g/mol. The first-order valence-corrected chi connectivity index (χ1v) is 11.8. The van der Waals surface area contributed by atoms with Crippen molar-refractivity contribution in [3.8, 4) is 0 Å². The van der Waals surface area contributed by atoms with E-state index in [-0.39, 0.29) is 11.3 Å². The summed E-state index contributed by atoms with van der Waals surface area (Å²) in [5, 5.41) is 20.2. The smallest absolute Gasteiger partial charge is 0.238 e. The number of halogens is 4. The summed E-state index contributed by atoms with van der Waals surface area (Å²) in [6.45, 7) is 4.11. The van der Waals surface area contributed by atoms with Crippen LogP contribution in [0.15, 0.2) is 12.1 Å². The Morgan fingerprint density at radius 2 is 1.70 bits per heavy atom. The number of aliphatic hydroxyl groups excluding tert-OH is 2. The molecule has 1 heterocycles. The summed E-state index contributed by atoms with van der Waals surface area (Å²) < 4.78 is 89.0. The molecule has 1 aliphatic heterocycles. The van der Waals surface area contributed by atoms with E-state index < -0.39 is 69.3 Å². The third kappa shape index (κ3) is 4.65. The minimum atomic E-state index is -4.57. The van der Waals surface area contributed by atoms with Crippen LogP contribution in [0.25, 0.3) is 0 Å². The number of sulfonamides is 1. The second kappa shape index (κ2) is 9.45. The highest BCUT2D eigenvalue weighted by Crippen LogP contribution is 2.41. The summed E-state index contributed by atoms with van der Waals surface area (Å²) in [6.07, 6.45) is -1.29. The van der Waals surface area contributed by atoms with Gasteiger partial charge in [-0.2, -0.15) is 0 Å². The van der Waals surface area contributed by atoms with E-state index >= 15 is 0 Å².